The Balaban J connectivity index is 1.86. The van der Waals surface area contributed by atoms with Gasteiger partial charge in [0, 0.05) is 18.0 Å². The van der Waals surface area contributed by atoms with E-state index in [1.165, 1.54) is 11.3 Å². The third-order valence-electron chi connectivity index (χ3n) is 3.67. The van der Waals surface area contributed by atoms with Crippen LogP contribution in [0.25, 0.3) is 0 Å². The van der Waals surface area contributed by atoms with Gasteiger partial charge in [-0.15, -0.1) is 11.3 Å². The van der Waals surface area contributed by atoms with Crippen molar-refractivity contribution >= 4 is 17.4 Å². The molecule has 0 spiro atoms. The molecule has 6 heteroatoms. The predicted octanol–water partition coefficient (Wildman–Crippen LogP) is 3.25. The van der Waals surface area contributed by atoms with E-state index in [2.05, 4.69) is 10.6 Å². The quantitative estimate of drug-likeness (QED) is 0.686. The molecule has 0 fully saturated rings. The minimum absolute atomic E-state index is 0.152. The number of ether oxygens (including phenoxy) is 1. The Morgan fingerprint density at radius 1 is 1.21 bits per heavy atom. The Hall–Kier alpha value is -1.89. The molecule has 0 radical (unpaired) electrons. The van der Waals surface area contributed by atoms with Crippen molar-refractivity contribution in [1.29, 1.82) is 0 Å². The first-order valence-electron chi connectivity index (χ1n) is 7.92. The summed E-state index contributed by atoms with van der Waals surface area (Å²) in [5, 5.41) is 17.9. The van der Waals surface area contributed by atoms with Gasteiger partial charge in [0.25, 0.3) is 0 Å². The molecule has 2 amide bonds. The number of hydrogen-bond donors (Lipinski definition) is 3. The minimum atomic E-state index is -0.566. The van der Waals surface area contributed by atoms with Crippen molar-refractivity contribution in [3.63, 3.8) is 0 Å². The van der Waals surface area contributed by atoms with Gasteiger partial charge in [0.2, 0.25) is 0 Å². The van der Waals surface area contributed by atoms with Gasteiger partial charge < -0.3 is 20.5 Å². The topological polar surface area (TPSA) is 70.6 Å². The van der Waals surface area contributed by atoms with Crippen molar-refractivity contribution in [3.8, 4) is 0 Å². The summed E-state index contributed by atoms with van der Waals surface area (Å²) in [6.45, 7) is 2.27. The molecule has 0 aliphatic heterocycles. The van der Waals surface area contributed by atoms with Crippen molar-refractivity contribution in [2.75, 3.05) is 13.7 Å². The first kappa shape index (κ1) is 18.4. The number of aliphatic hydroxyl groups excluding tert-OH is 1. The molecule has 3 unspecified atom stereocenters. The summed E-state index contributed by atoms with van der Waals surface area (Å²) >= 11 is 1.51. The Morgan fingerprint density at radius 2 is 1.96 bits per heavy atom. The zero-order valence-corrected chi connectivity index (χ0v) is 14.8. The number of urea groups is 1. The van der Waals surface area contributed by atoms with E-state index in [1.54, 1.807) is 7.11 Å². The van der Waals surface area contributed by atoms with Crippen molar-refractivity contribution in [3.05, 3.63) is 58.3 Å². The summed E-state index contributed by atoms with van der Waals surface area (Å²) in [5.74, 6) is 0. The van der Waals surface area contributed by atoms with Crippen molar-refractivity contribution in [1.82, 2.24) is 10.6 Å². The number of benzene rings is 1. The van der Waals surface area contributed by atoms with Gasteiger partial charge in [-0.05, 0) is 30.4 Å². The van der Waals surface area contributed by atoms with Crippen LogP contribution in [0.1, 0.15) is 35.9 Å². The highest BCUT2D eigenvalue weighted by Gasteiger charge is 2.18. The summed E-state index contributed by atoms with van der Waals surface area (Å²) < 4.78 is 5.20. The van der Waals surface area contributed by atoms with Gasteiger partial charge in [-0.2, -0.15) is 0 Å². The van der Waals surface area contributed by atoms with Crippen LogP contribution in [-0.2, 0) is 4.74 Å². The average Bonchev–Trinajstić information content (AvgIpc) is 3.09. The Labute approximate surface area is 146 Å². The summed E-state index contributed by atoms with van der Waals surface area (Å²) in [6, 6.07) is 12.9. The van der Waals surface area contributed by atoms with Crippen LogP contribution in [0.2, 0.25) is 0 Å². The molecular formula is C18H24N2O3S. The number of thiophene rings is 1. The highest BCUT2D eigenvalue weighted by molar-refractivity contribution is 7.10. The lowest BCUT2D eigenvalue weighted by atomic mass is 10.1. The first-order valence-corrected chi connectivity index (χ1v) is 8.80. The minimum Gasteiger partial charge on any atom is -0.387 e. The zero-order chi connectivity index (χ0) is 17.4. The zero-order valence-electron chi connectivity index (χ0n) is 13.9. The Bertz CT molecular complexity index is 604. The molecule has 0 bridgehead atoms. The molecule has 0 aliphatic carbocycles. The smallest absolute Gasteiger partial charge is 0.315 e. The van der Waals surface area contributed by atoms with Gasteiger partial charge in [-0.1, -0.05) is 36.4 Å². The van der Waals surface area contributed by atoms with Gasteiger partial charge in [0.15, 0.2) is 0 Å². The van der Waals surface area contributed by atoms with Gasteiger partial charge in [-0.25, -0.2) is 4.79 Å². The van der Waals surface area contributed by atoms with Crippen LogP contribution in [-0.4, -0.2) is 30.9 Å². The SMILES string of the molecule is COCC(NC(=O)NC(C)CC(O)c1cccs1)c1ccccc1. The molecule has 130 valence electrons. The van der Waals surface area contributed by atoms with E-state index in [0.29, 0.717) is 13.0 Å². The largest absolute Gasteiger partial charge is 0.387 e. The number of amides is 2. The number of aliphatic hydroxyl groups is 1. The molecule has 1 heterocycles. The van der Waals surface area contributed by atoms with E-state index in [0.717, 1.165) is 10.4 Å². The fourth-order valence-corrected chi connectivity index (χ4v) is 3.21. The maximum atomic E-state index is 12.2. The lowest BCUT2D eigenvalue weighted by Crippen LogP contribution is -2.43. The standard InChI is InChI=1S/C18H24N2O3S/c1-13(11-16(21)17-9-6-10-24-17)19-18(22)20-15(12-23-2)14-7-4-3-5-8-14/h3-10,13,15-16,21H,11-12H2,1-2H3,(H2,19,20,22). The van der Waals surface area contributed by atoms with Crippen LogP contribution >= 0.6 is 11.3 Å². The number of carbonyl (C=O) groups excluding carboxylic acids is 1. The second-order valence-corrected chi connectivity index (χ2v) is 6.68. The third kappa shape index (κ3) is 5.63. The number of rotatable bonds is 8. The monoisotopic (exact) mass is 348 g/mol. The maximum Gasteiger partial charge on any atom is 0.315 e. The number of hydrogen-bond acceptors (Lipinski definition) is 4. The molecule has 2 rings (SSSR count). The molecule has 0 saturated carbocycles. The molecule has 5 nitrogen and oxygen atoms in total. The maximum absolute atomic E-state index is 12.2. The van der Waals surface area contributed by atoms with E-state index < -0.39 is 6.10 Å². The second-order valence-electron chi connectivity index (χ2n) is 5.70. The predicted molar refractivity (Wildman–Crippen MR) is 96.1 cm³/mol. The van der Waals surface area contributed by atoms with Crippen molar-refractivity contribution in [2.45, 2.75) is 31.5 Å². The average molecular weight is 348 g/mol. The van der Waals surface area contributed by atoms with E-state index in [-0.39, 0.29) is 18.1 Å². The third-order valence-corrected chi connectivity index (χ3v) is 4.64. The van der Waals surface area contributed by atoms with Crippen LogP contribution in [0, 0.1) is 0 Å². The molecular weight excluding hydrogens is 324 g/mol. The van der Waals surface area contributed by atoms with Crippen LogP contribution in [0.15, 0.2) is 47.8 Å². The molecule has 3 N–H and O–H groups in total. The fraction of sp³-hybridized carbons (Fsp3) is 0.389. The molecule has 2 aromatic rings. The molecule has 0 aliphatic rings. The second kappa shape index (κ2) is 9.42. The Morgan fingerprint density at radius 3 is 2.58 bits per heavy atom. The molecule has 24 heavy (non-hydrogen) atoms. The molecule has 1 aromatic carbocycles. The van der Waals surface area contributed by atoms with Crippen LogP contribution in [0.4, 0.5) is 4.79 Å². The van der Waals surface area contributed by atoms with Crippen LogP contribution in [0.3, 0.4) is 0 Å². The molecule has 0 saturated heterocycles. The van der Waals surface area contributed by atoms with E-state index in [4.69, 9.17) is 4.74 Å². The van der Waals surface area contributed by atoms with Crippen molar-refractivity contribution < 1.29 is 14.6 Å². The summed E-state index contributed by atoms with van der Waals surface area (Å²) in [7, 11) is 1.61. The van der Waals surface area contributed by atoms with Crippen molar-refractivity contribution in [2.24, 2.45) is 0 Å². The highest BCUT2D eigenvalue weighted by atomic mass is 32.1. The van der Waals surface area contributed by atoms with Gasteiger partial charge >= 0.3 is 6.03 Å². The normalized spacial score (nSPS) is 14.6. The van der Waals surface area contributed by atoms with E-state index in [9.17, 15) is 9.90 Å². The highest BCUT2D eigenvalue weighted by Crippen LogP contribution is 2.22. The fourth-order valence-electron chi connectivity index (χ4n) is 2.49. The lowest BCUT2D eigenvalue weighted by molar-refractivity contribution is 0.153. The van der Waals surface area contributed by atoms with Crippen LogP contribution < -0.4 is 10.6 Å². The van der Waals surface area contributed by atoms with Gasteiger partial charge in [0.05, 0.1) is 18.8 Å². The first-order chi connectivity index (χ1) is 11.6. The summed E-state index contributed by atoms with van der Waals surface area (Å²) in [4.78, 5) is 13.1. The van der Waals surface area contributed by atoms with E-state index >= 15 is 0 Å². The number of carbonyl (C=O) groups is 1. The van der Waals surface area contributed by atoms with Crippen LogP contribution in [0.5, 0.6) is 0 Å². The number of methoxy groups -OCH3 is 1. The lowest BCUT2D eigenvalue weighted by Gasteiger charge is -2.22. The van der Waals surface area contributed by atoms with E-state index in [1.807, 2.05) is 54.8 Å². The molecule has 1 aromatic heterocycles. The summed E-state index contributed by atoms with van der Waals surface area (Å²) in [6.07, 6.45) is -0.0991. The molecule has 3 atom stereocenters. The van der Waals surface area contributed by atoms with Gasteiger partial charge in [-0.3, -0.25) is 0 Å². The Kier molecular flexibility index (Phi) is 7.24. The number of nitrogens with one attached hydrogen (secondary N) is 2. The van der Waals surface area contributed by atoms with Gasteiger partial charge in [0.1, 0.15) is 0 Å². The summed E-state index contributed by atoms with van der Waals surface area (Å²) in [5.41, 5.74) is 0.987.